The molecule has 8 rings (SSSR count). The van der Waals surface area contributed by atoms with Crippen LogP contribution in [0.3, 0.4) is 0 Å². The summed E-state index contributed by atoms with van der Waals surface area (Å²) in [5.74, 6) is 3.57. The molecule has 1 aromatic carbocycles. The Kier molecular flexibility index (Phi) is 5.79. The van der Waals surface area contributed by atoms with Gasteiger partial charge in [-0.2, -0.15) is 0 Å². The molecule has 4 aromatic rings. The largest absolute Gasteiger partial charge is 0.494 e. The third kappa shape index (κ3) is 4.02. The molecule has 1 amide bonds. The van der Waals surface area contributed by atoms with E-state index in [4.69, 9.17) is 25.2 Å². The number of benzene rings is 1. The molecule has 214 valence electrons. The Morgan fingerprint density at radius 2 is 1.93 bits per heavy atom. The molecular weight excluding hydrogens is 518 g/mol. The zero-order chi connectivity index (χ0) is 27.8. The second kappa shape index (κ2) is 9.46. The number of hydrogen-bond donors (Lipinski definition) is 1. The van der Waals surface area contributed by atoms with Gasteiger partial charge in [-0.25, -0.2) is 9.97 Å². The van der Waals surface area contributed by atoms with Crippen molar-refractivity contribution in [3.8, 4) is 17.3 Å². The van der Waals surface area contributed by atoms with Crippen molar-refractivity contribution >= 4 is 33.8 Å². The van der Waals surface area contributed by atoms with Crippen LogP contribution in [0.25, 0.3) is 33.6 Å². The number of amides is 1. The fourth-order valence-electron chi connectivity index (χ4n) is 7.28. The molecule has 4 fully saturated rings. The van der Waals surface area contributed by atoms with Crippen LogP contribution >= 0.6 is 0 Å². The van der Waals surface area contributed by atoms with Crippen LogP contribution in [-0.4, -0.2) is 82.0 Å². The van der Waals surface area contributed by atoms with Crippen molar-refractivity contribution in [3.05, 3.63) is 35.9 Å². The molecule has 2 aliphatic carbocycles. The van der Waals surface area contributed by atoms with Crippen molar-refractivity contribution in [1.29, 1.82) is 0 Å². The molecular formula is C31H37N7O3. The number of aryl methyl sites for hydroxylation is 1. The summed E-state index contributed by atoms with van der Waals surface area (Å²) in [7, 11) is 3.68. The van der Waals surface area contributed by atoms with E-state index in [1.807, 2.05) is 24.1 Å². The van der Waals surface area contributed by atoms with Gasteiger partial charge in [-0.15, -0.1) is 0 Å². The summed E-state index contributed by atoms with van der Waals surface area (Å²) in [5.41, 5.74) is 10.7. The summed E-state index contributed by atoms with van der Waals surface area (Å²) < 4.78 is 15.9. The number of carbonyl (C=O) groups is 1. The van der Waals surface area contributed by atoms with Crippen molar-refractivity contribution in [1.82, 2.24) is 24.0 Å². The number of nitrogens with zero attached hydrogens (tertiary/aromatic N) is 6. The van der Waals surface area contributed by atoms with E-state index in [9.17, 15) is 4.79 Å². The highest BCUT2D eigenvalue weighted by molar-refractivity contribution is 6.00. The summed E-state index contributed by atoms with van der Waals surface area (Å²) in [4.78, 5) is 28.2. The Morgan fingerprint density at radius 3 is 2.63 bits per heavy atom. The highest BCUT2D eigenvalue weighted by atomic mass is 16.5. The SMILES string of the molecule is COc1cc(C(=O)N2C[C@H]3CC[C@@H]2[C@@H]3N)cc2nc(-c3cc4ccc(N5CCOCC5)nc4n3CC3CC3)n(C)c12. The molecule has 4 aliphatic rings. The highest BCUT2D eigenvalue weighted by Crippen LogP contribution is 2.40. The number of likely N-dealkylation sites (tertiary alicyclic amines) is 1. The number of pyridine rings is 1. The number of aromatic nitrogens is 4. The van der Waals surface area contributed by atoms with E-state index in [2.05, 4.69) is 32.2 Å². The van der Waals surface area contributed by atoms with E-state index < -0.39 is 0 Å². The first kappa shape index (κ1) is 25.1. The van der Waals surface area contributed by atoms with Gasteiger partial charge in [0.05, 0.1) is 31.5 Å². The lowest BCUT2D eigenvalue weighted by molar-refractivity contribution is 0.0700. The molecule has 41 heavy (non-hydrogen) atoms. The van der Waals surface area contributed by atoms with Crippen molar-refractivity contribution in [2.24, 2.45) is 24.6 Å². The topological polar surface area (TPSA) is 104 Å². The monoisotopic (exact) mass is 555 g/mol. The third-order valence-corrected chi connectivity index (χ3v) is 9.75. The van der Waals surface area contributed by atoms with Gasteiger partial charge in [-0.3, -0.25) is 4.79 Å². The van der Waals surface area contributed by atoms with Gasteiger partial charge in [0.1, 0.15) is 22.7 Å². The van der Waals surface area contributed by atoms with Crippen LogP contribution in [0.4, 0.5) is 5.82 Å². The maximum absolute atomic E-state index is 13.7. The minimum absolute atomic E-state index is 0.0164. The van der Waals surface area contributed by atoms with Gasteiger partial charge in [0.25, 0.3) is 5.91 Å². The summed E-state index contributed by atoms with van der Waals surface area (Å²) >= 11 is 0. The molecule has 10 nitrogen and oxygen atoms in total. The van der Waals surface area contributed by atoms with Crippen LogP contribution in [0, 0.1) is 11.8 Å². The molecule has 3 aromatic heterocycles. The average Bonchev–Trinajstić information content (AvgIpc) is 3.41. The molecule has 5 heterocycles. The molecule has 0 spiro atoms. The lowest BCUT2D eigenvalue weighted by Crippen LogP contribution is -2.41. The second-order valence-corrected chi connectivity index (χ2v) is 12.2. The fourth-order valence-corrected chi connectivity index (χ4v) is 7.28. The summed E-state index contributed by atoms with van der Waals surface area (Å²) in [6, 6.07) is 10.5. The van der Waals surface area contributed by atoms with E-state index in [1.54, 1.807) is 7.11 Å². The van der Waals surface area contributed by atoms with Crippen LogP contribution in [-0.2, 0) is 18.3 Å². The fraction of sp³-hybridized carbons (Fsp3) is 0.516. The van der Waals surface area contributed by atoms with Gasteiger partial charge >= 0.3 is 0 Å². The Labute approximate surface area is 239 Å². The number of hydrogen-bond acceptors (Lipinski definition) is 7. The maximum Gasteiger partial charge on any atom is 0.254 e. The van der Waals surface area contributed by atoms with Crippen LogP contribution in [0.1, 0.15) is 36.0 Å². The van der Waals surface area contributed by atoms with Gasteiger partial charge < -0.3 is 34.1 Å². The average molecular weight is 556 g/mol. The smallest absolute Gasteiger partial charge is 0.254 e. The maximum atomic E-state index is 13.7. The first-order valence-electron chi connectivity index (χ1n) is 14.9. The Bertz CT molecular complexity index is 1670. The van der Waals surface area contributed by atoms with E-state index in [0.29, 0.717) is 23.1 Å². The van der Waals surface area contributed by atoms with Crippen LogP contribution < -0.4 is 15.4 Å². The first-order chi connectivity index (χ1) is 20.0. The molecule has 0 radical (unpaired) electrons. The van der Waals surface area contributed by atoms with E-state index in [1.165, 1.54) is 12.8 Å². The van der Waals surface area contributed by atoms with Gasteiger partial charge in [0, 0.05) is 56.3 Å². The van der Waals surface area contributed by atoms with Crippen LogP contribution in [0.5, 0.6) is 5.75 Å². The Morgan fingerprint density at radius 1 is 1.10 bits per heavy atom. The van der Waals surface area contributed by atoms with Crippen LogP contribution in [0.2, 0.25) is 0 Å². The number of rotatable bonds is 6. The summed E-state index contributed by atoms with van der Waals surface area (Å²) in [6.07, 6.45) is 4.58. The molecule has 2 saturated carbocycles. The van der Waals surface area contributed by atoms with Gasteiger partial charge in [-0.05, 0) is 67.9 Å². The minimum atomic E-state index is 0.0164. The number of morpholine rings is 1. The predicted molar refractivity (Wildman–Crippen MR) is 157 cm³/mol. The number of anilines is 1. The quantitative estimate of drug-likeness (QED) is 0.389. The molecule has 0 unspecified atom stereocenters. The predicted octanol–water partition coefficient (Wildman–Crippen LogP) is 3.41. The zero-order valence-electron chi connectivity index (χ0n) is 23.8. The molecule has 2 bridgehead atoms. The molecule has 10 heteroatoms. The number of piperidine rings is 1. The lowest BCUT2D eigenvalue weighted by Gasteiger charge is -2.27. The van der Waals surface area contributed by atoms with Crippen molar-refractivity contribution in [2.45, 2.75) is 44.3 Å². The first-order valence-corrected chi connectivity index (χ1v) is 14.9. The molecule has 2 aliphatic heterocycles. The number of ether oxygens (including phenoxy) is 2. The molecule has 3 atom stereocenters. The Balaban J connectivity index is 1.22. The number of nitrogens with two attached hydrogens (primary N) is 1. The van der Waals surface area contributed by atoms with E-state index >= 15 is 0 Å². The summed E-state index contributed by atoms with van der Waals surface area (Å²) in [5, 5.41) is 1.10. The molecule has 2 saturated heterocycles. The molecule has 2 N–H and O–H groups in total. The van der Waals surface area contributed by atoms with Crippen molar-refractivity contribution in [2.75, 3.05) is 44.9 Å². The van der Waals surface area contributed by atoms with Gasteiger partial charge in [0.15, 0.2) is 5.82 Å². The second-order valence-electron chi connectivity index (χ2n) is 12.2. The number of carbonyl (C=O) groups excluding carboxylic acids is 1. The van der Waals surface area contributed by atoms with Crippen molar-refractivity contribution in [3.63, 3.8) is 0 Å². The third-order valence-electron chi connectivity index (χ3n) is 9.75. The van der Waals surface area contributed by atoms with Crippen LogP contribution in [0.15, 0.2) is 30.3 Å². The lowest BCUT2D eigenvalue weighted by atomic mass is 10.1. The Hall–Kier alpha value is -3.63. The van der Waals surface area contributed by atoms with Crippen molar-refractivity contribution < 1.29 is 14.3 Å². The summed E-state index contributed by atoms with van der Waals surface area (Å²) in [6.45, 7) is 4.81. The van der Waals surface area contributed by atoms with Gasteiger partial charge in [-0.1, -0.05) is 0 Å². The van der Waals surface area contributed by atoms with E-state index in [0.717, 1.165) is 91.6 Å². The highest BCUT2D eigenvalue weighted by Gasteiger charge is 2.47. The minimum Gasteiger partial charge on any atom is -0.494 e. The number of methoxy groups -OCH3 is 1. The zero-order valence-corrected chi connectivity index (χ0v) is 23.8. The normalized spacial score (nSPS) is 24.2. The standard InChI is InChI=1S/C31H37N7O3/c1-35-28-22(13-21(15-25(28)40-2)31(39)38-17-20-5-7-23(38)27(20)32)33-30(35)24-14-19-6-8-26(36-9-11-41-12-10-36)34-29(19)37(24)16-18-3-4-18/h6,8,13-15,18,20,23,27H,3-5,7,9-12,16-17,32H2,1-2H3/t20-,23-,27-/m1/s1. The van der Waals surface area contributed by atoms with Gasteiger partial charge in [0.2, 0.25) is 0 Å². The number of fused-ring (bicyclic) bond motifs is 4. The number of imidazole rings is 1. The van der Waals surface area contributed by atoms with E-state index in [-0.39, 0.29) is 18.0 Å².